The molecule has 4 rings (SSSR count). The lowest BCUT2D eigenvalue weighted by Gasteiger charge is -2.18. The molecule has 11 nitrogen and oxygen atoms in total. The second-order valence-corrected chi connectivity index (χ2v) is 13.8. The number of ether oxygens (including phenoxy) is 2. The van der Waals surface area contributed by atoms with Gasteiger partial charge in [0, 0.05) is 4.88 Å². The average molecular weight is 622 g/mol. The number of rotatable bonds is 10. The Labute approximate surface area is 245 Å². The summed E-state index contributed by atoms with van der Waals surface area (Å²) in [5.74, 6) is -4.48. The molecule has 0 aliphatic heterocycles. The molecule has 0 radical (unpaired) electrons. The Morgan fingerprint density at radius 2 is 1.80 bits per heavy atom. The first-order chi connectivity index (χ1) is 19.5. The molecule has 1 N–H and O–H groups in total. The maximum atomic E-state index is 12.8. The van der Waals surface area contributed by atoms with E-state index in [-0.39, 0.29) is 35.1 Å². The van der Waals surface area contributed by atoms with Gasteiger partial charge in [0.05, 0.1) is 29.0 Å². The zero-order valence-electron chi connectivity index (χ0n) is 22.9. The number of fused-ring (bicyclic) bond motifs is 2. The molecular weight excluding hydrogens is 591 g/mol. The summed E-state index contributed by atoms with van der Waals surface area (Å²) in [6.07, 6.45) is 2.31. The van der Waals surface area contributed by atoms with Crippen LogP contribution in [0.5, 0.6) is 0 Å². The summed E-state index contributed by atoms with van der Waals surface area (Å²) in [7, 11) is -4.21. The van der Waals surface area contributed by atoms with Gasteiger partial charge in [0.25, 0.3) is 5.91 Å². The number of carbonyl (C=O) groups excluding carboxylic acids is 4. The molecule has 0 bridgehead atoms. The van der Waals surface area contributed by atoms with E-state index >= 15 is 0 Å². The summed E-state index contributed by atoms with van der Waals surface area (Å²) in [4.78, 5) is 55.4. The SMILES string of the molecule is CCOC(=O)Cn1c(=NC(=O)CS(=O)(=O)CC(=O)Nc2sc3c(c2C(=O)OCC)CCC(C)C3)sc2ccccc21. The third kappa shape index (κ3) is 7.49. The quantitative estimate of drug-likeness (QED) is 0.339. The molecule has 2 amide bonds. The Kier molecular flexibility index (Phi) is 9.76. The molecule has 0 fully saturated rings. The average Bonchev–Trinajstić information content (AvgIpc) is 3.40. The van der Waals surface area contributed by atoms with E-state index < -0.39 is 45.1 Å². The van der Waals surface area contributed by atoms with Crippen molar-refractivity contribution >= 4 is 71.5 Å². The van der Waals surface area contributed by atoms with Crippen molar-refractivity contribution in [3.8, 4) is 0 Å². The van der Waals surface area contributed by atoms with E-state index in [0.29, 0.717) is 17.9 Å². The Morgan fingerprint density at radius 3 is 2.54 bits per heavy atom. The fraction of sp³-hybridized carbons (Fsp3) is 0.444. The molecule has 3 aromatic rings. The van der Waals surface area contributed by atoms with Crippen molar-refractivity contribution in [2.24, 2.45) is 10.9 Å². The number of hydrogen-bond donors (Lipinski definition) is 1. The third-order valence-electron chi connectivity index (χ3n) is 6.34. The summed E-state index contributed by atoms with van der Waals surface area (Å²) < 4.78 is 38.1. The Hall–Kier alpha value is -3.36. The number of thiazole rings is 1. The maximum absolute atomic E-state index is 12.8. The molecule has 2 aromatic heterocycles. The van der Waals surface area contributed by atoms with Crippen LogP contribution in [0.3, 0.4) is 0 Å². The minimum atomic E-state index is -4.21. The van der Waals surface area contributed by atoms with Crippen molar-refractivity contribution < 1.29 is 37.1 Å². The third-order valence-corrected chi connectivity index (χ3v) is 9.96. The molecule has 14 heteroatoms. The molecule has 220 valence electrons. The van der Waals surface area contributed by atoms with Crippen LogP contribution < -0.4 is 10.1 Å². The molecule has 41 heavy (non-hydrogen) atoms. The van der Waals surface area contributed by atoms with Crippen molar-refractivity contribution in [3.63, 3.8) is 0 Å². The largest absolute Gasteiger partial charge is 0.465 e. The van der Waals surface area contributed by atoms with E-state index in [4.69, 9.17) is 9.47 Å². The van der Waals surface area contributed by atoms with Gasteiger partial charge in [0.15, 0.2) is 14.6 Å². The topological polar surface area (TPSA) is 150 Å². The number of carbonyl (C=O) groups is 4. The van der Waals surface area contributed by atoms with Crippen molar-refractivity contribution in [2.75, 3.05) is 30.0 Å². The number of thiophene rings is 1. The Morgan fingerprint density at radius 1 is 1.07 bits per heavy atom. The van der Waals surface area contributed by atoms with Crippen LogP contribution in [-0.4, -0.2) is 61.5 Å². The maximum Gasteiger partial charge on any atom is 0.341 e. The number of aromatic nitrogens is 1. The summed E-state index contributed by atoms with van der Waals surface area (Å²) in [5.41, 5.74) is 1.74. The molecule has 2 heterocycles. The second kappa shape index (κ2) is 13.1. The summed E-state index contributed by atoms with van der Waals surface area (Å²) in [6, 6.07) is 7.10. The lowest BCUT2D eigenvalue weighted by atomic mass is 9.88. The zero-order chi connectivity index (χ0) is 29.7. The highest BCUT2D eigenvalue weighted by Crippen LogP contribution is 2.40. The van der Waals surface area contributed by atoms with Gasteiger partial charge < -0.3 is 19.4 Å². The van der Waals surface area contributed by atoms with E-state index in [2.05, 4.69) is 17.2 Å². The van der Waals surface area contributed by atoms with Gasteiger partial charge >= 0.3 is 11.9 Å². The highest BCUT2D eigenvalue weighted by Gasteiger charge is 2.30. The summed E-state index contributed by atoms with van der Waals surface area (Å²) >= 11 is 2.38. The van der Waals surface area contributed by atoms with Crippen LogP contribution in [0.25, 0.3) is 10.2 Å². The van der Waals surface area contributed by atoms with E-state index in [1.807, 2.05) is 0 Å². The fourth-order valence-electron chi connectivity index (χ4n) is 4.59. The van der Waals surface area contributed by atoms with Crippen LogP contribution in [0.1, 0.15) is 48.0 Å². The zero-order valence-corrected chi connectivity index (χ0v) is 25.4. The number of hydrogen-bond acceptors (Lipinski definition) is 10. The minimum absolute atomic E-state index is 0.140. The van der Waals surface area contributed by atoms with Crippen molar-refractivity contribution in [2.45, 2.75) is 46.6 Å². The molecule has 0 saturated carbocycles. The predicted octanol–water partition coefficient (Wildman–Crippen LogP) is 3.11. The Balaban J connectivity index is 1.51. The number of esters is 2. The molecule has 0 spiro atoms. The van der Waals surface area contributed by atoms with E-state index in [1.54, 1.807) is 38.1 Å². The van der Waals surface area contributed by atoms with Crippen LogP contribution in [0.2, 0.25) is 0 Å². The number of amides is 2. The van der Waals surface area contributed by atoms with Gasteiger partial charge in [-0.2, -0.15) is 4.99 Å². The number of benzene rings is 1. The number of nitrogens with one attached hydrogen (secondary N) is 1. The molecule has 1 unspecified atom stereocenters. The number of sulfone groups is 1. The highest BCUT2D eigenvalue weighted by atomic mass is 32.2. The predicted molar refractivity (Wildman–Crippen MR) is 156 cm³/mol. The van der Waals surface area contributed by atoms with Crippen molar-refractivity contribution in [1.82, 2.24) is 4.57 Å². The second-order valence-electron chi connectivity index (χ2n) is 9.61. The minimum Gasteiger partial charge on any atom is -0.465 e. The van der Waals surface area contributed by atoms with Crippen LogP contribution in [0, 0.1) is 5.92 Å². The standard InChI is InChI=1S/C27H31N3O8S3/c1-4-37-23(33)13-30-18-8-6-7-9-19(18)40-27(30)29-22(32)15-41(35,36)14-21(31)28-25-24(26(34)38-5-2)17-11-10-16(3)12-20(17)39-25/h6-9,16H,4-5,10-15H2,1-3H3,(H,28,31). The van der Waals surface area contributed by atoms with Crippen LogP contribution in [-0.2, 0) is 53.1 Å². The lowest BCUT2D eigenvalue weighted by Crippen LogP contribution is -2.29. The monoisotopic (exact) mass is 621 g/mol. The molecule has 1 aliphatic carbocycles. The summed E-state index contributed by atoms with van der Waals surface area (Å²) in [6.45, 7) is 5.61. The number of anilines is 1. The van der Waals surface area contributed by atoms with Gasteiger partial charge in [0.2, 0.25) is 5.91 Å². The smallest absolute Gasteiger partial charge is 0.341 e. The molecule has 1 aromatic carbocycles. The van der Waals surface area contributed by atoms with Gasteiger partial charge in [-0.3, -0.25) is 14.4 Å². The Bertz CT molecular complexity index is 1670. The van der Waals surface area contributed by atoms with Gasteiger partial charge in [-0.1, -0.05) is 30.4 Å². The molecule has 1 atom stereocenters. The van der Waals surface area contributed by atoms with Crippen LogP contribution >= 0.6 is 22.7 Å². The van der Waals surface area contributed by atoms with Crippen LogP contribution in [0.15, 0.2) is 29.3 Å². The van der Waals surface area contributed by atoms with Gasteiger partial charge in [-0.05, 0) is 56.7 Å². The molecule has 1 aliphatic rings. The summed E-state index contributed by atoms with van der Waals surface area (Å²) in [5, 5.41) is 2.82. The van der Waals surface area contributed by atoms with E-state index in [9.17, 15) is 27.6 Å². The van der Waals surface area contributed by atoms with E-state index in [0.717, 1.165) is 39.3 Å². The van der Waals surface area contributed by atoms with E-state index in [1.165, 1.54) is 15.9 Å². The van der Waals surface area contributed by atoms with Gasteiger partial charge in [-0.15, -0.1) is 11.3 Å². The van der Waals surface area contributed by atoms with Crippen LogP contribution in [0.4, 0.5) is 5.00 Å². The first-order valence-corrected chi connectivity index (χ1v) is 16.6. The van der Waals surface area contributed by atoms with Crippen molar-refractivity contribution in [1.29, 1.82) is 0 Å². The number of nitrogens with zero attached hydrogens (tertiary/aromatic N) is 2. The number of para-hydroxylation sites is 1. The normalized spacial score (nSPS) is 15.4. The first-order valence-electron chi connectivity index (χ1n) is 13.1. The fourth-order valence-corrected chi connectivity index (χ4v) is 8.07. The first kappa shape index (κ1) is 30.6. The lowest BCUT2D eigenvalue weighted by molar-refractivity contribution is -0.143. The highest BCUT2D eigenvalue weighted by molar-refractivity contribution is 7.92. The van der Waals surface area contributed by atoms with Gasteiger partial charge in [0.1, 0.15) is 23.1 Å². The van der Waals surface area contributed by atoms with Gasteiger partial charge in [-0.25, -0.2) is 13.2 Å². The molecular formula is C27H31N3O8S3. The van der Waals surface area contributed by atoms with Crippen molar-refractivity contribution in [3.05, 3.63) is 45.1 Å². The molecule has 0 saturated heterocycles.